The third kappa shape index (κ3) is 5.82. The van der Waals surface area contributed by atoms with Gasteiger partial charge in [-0.05, 0) is 42.7 Å². The van der Waals surface area contributed by atoms with E-state index in [4.69, 9.17) is 4.74 Å². The van der Waals surface area contributed by atoms with Crippen molar-refractivity contribution in [2.75, 3.05) is 20.2 Å². The van der Waals surface area contributed by atoms with Crippen LogP contribution in [0.25, 0.3) is 0 Å². The zero-order chi connectivity index (χ0) is 25.8. The van der Waals surface area contributed by atoms with Gasteiger partial charge in [-0.2, -0.15) is 0 Å². The van der Waals surface area contributed by atoms with Crippen LogP contribution in [0.4, 0.5) is 0 Å². The van der Waals surface area contributed by atoms with Gasteiger partial charge in [0.05, 0.1) is 12.7 Å². The summed E-state index contributed by atoms with van der Waals surface area (Å²) in [7, 11) is -2.49. The predicted octanol–water partition coefficient (Wildman–Crippen LogP) is 2.42. The first-order valence-corrected chi connectivity index (χ1v) is 12.9. The average molecular weight is 502 g/mol. The van der Waals surface area contributed by atoms with E-state index in [1.807, 2.05) is 19.9 Å². The van der Waals surface area contributed by atoms with Crippen molar-refractivity contribution in [2.45, 2.75) is 44.7 Å². The standard InChI is InChI=1S/C25H31N3O6S/c1-17(2)15-26-24(30)18(3)27(16-19-8-7-9-20(14-19)34-4)23(29)12-13-28-25(31)21-10-5-6-11-22(21)35(28,32)33/h5-11,14,17-18H,12-13,15-16H2,1-4H3,(H,26,30)/t18-/m1/s1. The molecule has 0 saturated carbocycles. The zero-order valence-corrected chi connectivity index (χ0v) is 21.2. The summed E-state index contributed by atoms with van der Waals surface area (Å²) in [5, 5.41) is 2.84. The largest absolute Gasteiger partial charge is 0.497 e. The molecular formula is C25H31N3O6S. The molecule has 0 saturated heterocycles. The maximum Gasteiger partial charge on any atom is 0.269 e. The van der Waals surface area contributed by atoms with Crippen LogP contribution >= 0.6 is 0 Å². The number of carbonyl (C=O) groups is 3. The van der Waals surface area contributed by atoms with Crippen molar-refractivity contribution in [3.8, 4) is 5.75 Å². The highest BCUT2D eigenvalue weighted by molar-refractivity contribution is 7.90. The van der Waals surface area contributed by atoms with Crippen molar-refractivity contribution in [1.29, 1.82) is 0 Å². The van der Waals surface area contributed by atoms with Gasteiger partial charge in [0.25, 0.3) is 15.9 Å². The highest BCUT2D eigenvalue weighted by Crippen LogP contribution is 2.30. The second-order valence-electron chi connectivity index (χ2n) is 8.82. The lowest BCUT2D eigenvalue weighted by Gasteiger charge is -2.29. The van der Waals surface area contributed by atoms with E-state index < -0.39 is 27.9 Å². The number of ether oxygens (including phenoxy) is 1. The molecule has 3 rings (SSSR count). The minimum Gasteiger partial charge on any atom is -0.497 e. The SMILES string of the molecule is COc1cccc(CN(C(=O)CCN2C(=O)c3ccccc3S2(=O)=O)[C@H](C)C(=O)NCC(C)C)c1. The molecule has 2 aromatic rings. The molecule has 2 aromatic carbocycles. The number of sulfonamides is 1. The topological polar surface area (TPSA) is 113 Å². The number of nitrogens with one attached hydrogen (secondary N) is 1. The molecule has 0 aromatic heterocycles. The molecule has 1 heterocycles. The molecule has 0 fully saturated rings. The molecule has 188 valence electrons. The molecule has 9 nitrogen and oxygen atoms in total. The van der Waals surface area contributed by atoms with E-state index in [-0.39, 0.29) is 41.8 Å². The Labute approximate surface area is 206 Å². The Kier molecular flexibility index (Phi) is 8.16. The van der Waals surface area contributed by atoms with Crippen molar-refractivity contribution in [3.05, 3.63) is 59.7 Å². The number of hydrogen-bond donors (Lipinski definition) is 1. The van der Waals surface area contributed by atoms with Crippen LogP contribution in [0.1, 0.15) is 43.1 Å². The summed E-state index contributed by atoms with van der Waals surface area (Å²) in [5.41, 5.74) is 0.841. The molecule has 0 bridgehead atoms. The summed E-state index contributed by atoms with van der Waals surface area (Å²) in [5.74, 6) is -0.568. The van der Waals surface area contributed by atoms with Gasteiger partial charge in [0.1, 0.15) is 16.7 Å². The number of carbonyl (C=O) groups excluding carboxylic acids is 3. The zero-order valence-electron chi connectivity index (χ0n) is 20.4. The quantitative estimate of drug-likeness (QED) is 0.535. The predicted molar refractivity (Wildman–Crippen MR) is 130 cm³/mol. The van der Waals surface area contributed by atoms with Gasteiger partial charge in [-0.25, -0.2) is 12.7 Å². The van der Waals surface area contributed by atoms with Crippen LogP contribution in [-0.2, 0) is 26.2 Å². The molecule has 1 aliphatic heterocycles. The van der Waals surface area contributed by atoms with Crippen molar-refractivity contribution in [1.82, 2.24) is 14.5 Å². The molecule has 10 heteroatoms. The molecule has 1 atom stereocenters. The van der Waals surface area contributed by atoms with Crippen molar-refractivity contribution >= 4 is 27.7 Å². The van der Waals surface area contributed by atoms with Crippen LogP contribution in [0.3, 0.4) is 0 Å². The summed E-state index contributed by atoms with van der Waals surface area (Å²) < 4.78 is 31.6. The molecular weight excluding hydrogens is 470 g/mol. The van der Waals surface area contributed by atoms with E-state index in [1.54, 1.807) is 37.3 Å². The molecule has 1 aliphatic rings. The van der Waals surface area contributed by atoms with Gasteiger partial charge in [0.15, 0.2) is 0 Å². The van der Waals surface area contributed by atoms with Crippen LogP contribution in [0.15, 0.2) is 53.4 Å². The summed E-state index contributed by atoms with van der Waals surface area (Å²) in [6.45, 7) is 5.83. The van der Waals surface area contributed by atoms with Crippen LogP contribution in [0, 0.1) is 5.92 Å². The van der Waals surface area contributed by atoms with E-state index in [1.165, 1.54) is 24.1 Å². The van der Waals surface area contributed by atoms with Crippen molar-refractivity contribution in [3.63, 3.8) is 0 Å². The first-order chi connectivity index (χ1) is 16.6. The lowest BCUT2D eigenvalue weighted by molar-refractivity contribution is -0.140. The van der Waals surface area contributed by atoms with Crippen LogP contribution in [0.2, 0.25) is 0 Å². The van der Waals surface area contributed by atoms with Crippen molar-refractivity contribution in [2.24, 2.45) is 5.92 Å². The number of hydrogen-bond acceptors (Lipinski definition) is 6. The number of nitrogens with zero attached hydrogens (tertiary/aromatic N) is 2. The summed E-state index contributed by atoms with van der Waals surface area (Å²) >= 11 is 0. The molecule has 0 spiro atoms. The second kappa shape index (κ2) is 10.9. The van der Waals surface area contributed by atoms with E-state index in [0.717, 1.165) is 9.87 Å². The fourth-order valence-electron chi connectivity index (χ4n) is 3.80. The van der Waals surface area contributed by atoms with E-state index >= 15 is 0 Å². The van der Waals surface area contributed by atoms with Crippen LogP contribution < -0.4 is 10.1 Å². The Morgan fingerprint density at radius 1 is 1.09 bits per heavy atom. The molecule has 0 aliphatic carbocycles. The molecule has 1 N–H and O–H groups in total. The third-order valence-electron chi connectivity index (χ3n) is 5.78. The summed E-state index contributed by atoms with van der Waals surface area (Å²) in [4.78, 5) is 40.1. The van der Waals surface area contributed by atoms with Gasteiger partial charge >= 0.3 is 0 Å². The van der Waals surface area contributed by atoms with Gasteiger partial charge in [0.2, 0.25) is 11.8 Å². The van der Waals surface area contributed by atoms with Gasteiger partial charge < -0.3 is 15.0 Å². The maximum absolute atomic E-state index is 13.3. The highest BCUT2D eigenvalue weighted by atomic mass is 32.2. The minimum atomic E-state index is -4.02. The Morgan fingerprint density at radius 2 is 1.80 bits per heavy atom. The van der Waals surface area contributed by atoms with Gasteiger partial charge in [0, 0.05) is 26.1 Å². The van der Waals surface area contributed by atoms with Gasteiger partial charge in [-0.1, -0.05) is 38.1 Å². The maximum atomic E-state index is 13.3. The van der Waals surface area contributed by atoms with Gasteiger partial charge in [-0.3, -0.25) is 14.4 Å². The van der Waals surface area contributed by atoms with Gasteiger partial charge in [-0.15, -0.1) is 0 Å². The van der Waals surface area contributed by atoms with E-state index in [0.29, 0.717) is 12.3 Å². The highest BCUT2D eigenvalue weighted by Gasteiger charge is 2.41. The normalized spacial score (nSPS) is 15.0. The number of rotatable bonds is 10. The van der Waals surface area contributed by atoms with E-state index in [9.17, 15) is 22.8 Å². The van der Waals surface area contributed by atoms with E-state index in [2.05, 4.69) is 5.32 Å². The van der Waals surface area contributed by atoms with Crippen LogP contribution in [0.5, 0.6) is 5.75 Å². The first-order valence-electron chi connectivity index (χ1n) is 11.4. The van der Waals surface area contributed by atoms with Crippen molar-refractivity contribution < 1.29 is 27.5 Å². The Morgan fingerprint density at radius 3 is 2.46 bits per heavy atom. The number of amides is 3. The number of benzene rings is 2. The molecule has 35 heavy (non-hydrogen) atoms. The lowest BCUT2D eigenvalue weighted by Crippen LogP contribution is -2.49. The first kappa shape index (κ1) is 26.2. The average Bonchev–Trinajstić information content (AvgIpc) is 3.04. The number of fused-ring (bicyclic) bond motifs is 1. The lowest BCUT2D eigenvalue weighted by atomic mass is 10.1. The Balaban J connectivity index is 1.79. The Hall–Kier alpha value is -3.40. The fourth-order valence-corrected chi connectivity index (χ4v) is 5.37. The summed E-state index contributed by atoms with van der Waals surface area (Å²) in [6.07, 6.45) is -0.259. The minimum absolute atomic E-state index is 0.0629. The smallest absolute Gasteiger partial charge is 0.269 e. The molecule has 0 unspecified atom stereocenters. The second-order valence-corrected chi connectivity index (χ2v) is 10.6. The third-order valence-corrected chi connectivity index (χ3v) is 7.62. The molecule has 3 amide bonds. The number of methoxy groups -OCH3 is 1. The molecule has 0 radical (unpaired) electrons. The monoisotopic (exact) mass is 501 g/mol. The summed E-state index contributed by atoms with van der Waals surface area (Å²) in [6, 6.07) is 12.3. The fraction of sp³-hybridized carbons (Fsp3) is 0.400. The van der Waals surface area contributed by atoms with Crippen LogP contribution in [-0.4, -0.2) is 61.6 Å². The Bertz CT molecular complexity index is 1210.